The predicted molar refractivity (Wildman–Crippen MR) is 221 cm³/mol. The van der Waals surface area contributed by atoms with Gasteiger partial charge in [0.2, 0.25) is 0 Å². The third-order valence-electron chi connectivity index (χ3n) is 11.7. The molecule has 0 unspecified atom stereocenters. The molecular formula is C51H35N. The van der Waals surface area contributed by atoms with Crippen LogP contribution in [-0.4, -0.2) is 4.57 Å². The van der Waals surface area contributed by atoms with Gasteiger partial charge in [0, 0.05) is 27.6 Å². The zero-order valence-electron chi connectivity index (χ0n) is 29.2. The van der Waals surface area contributed by atoms with Crippen LogP contribution in [0.25, 0.3) is 93.5 Å². The van der Waals surface area contributed by atoms with E-state index in [1.54, 1.807) is 0 Å². The summed E-state index contributed by atoms with van der Waals surface area (Å²) in [5.74, 6) is 0. The smallest absolute Gasteiger partial charge is 0.0617 e. The monoisotopic (exact) mass is 661 g/mol. The number of benzene rings is 9. The van der Waals surface area contributed by atoms with Crippen molar-refractivity contribution in [3.63, 3.8) is 0 Å². The van der Waals surface area contributed by atoms with Gasteiger partial charge in [-0.15, -0.1) is 0 Å². The highest BCUT2D eigenvalue weighted by Crippen LogP contribution is 2.56. The largest absolute Gasteiger partial charge is 0.308 e. The normalized spacial score (nSPS) is 13.3. The first kappa shape index (κ1) is 29.3. The highest BCUT2D eigenvalue weighted by Gasteiger charge is 2.41. The SMILES string of the molecule is CC1(C)c2ccccc2-c2c1c1cc(-c3ccc4ccc5c(-c6ccccc6)ccc6ccc3c4c65)cc(-c3ccccc3)c1n2-c1ccccc1. The van der Waals surface area contributed by atoms with Gasteiger partial charge in [0.15, 0.2) is 0 Å². The van der Waals surface area contributed by atoms with Crippen LogP contribution in [0.1, 0.15) is 25.0 Å². The van der Waals surface area contributed by atoms with Crippen molar-refractivity contribution in [2.24, 2.45) is 0 Å². The molecule has 1 heterocycles. The second kappa shape index (κ2) is 10.8. The van der Waals surface area contributed by atoms with E-state index in [1.807, 2.05) is 0 Å². The topological polar surface area (TPSA) is 4.93 Å². The average molecular weight is 662 g/mol. The van der Waals surface area contributed by atoms with Crippen molar-refractivity contribution in [2.75, 3.05) is 0 Å². The molecule has 0 fully saturated rings. The molecule has 9 aromatic carbocycles. The summed E-state index contributed by atoms with van der Waals surface area (Å²) in [4.78, 5) is 0. The second-order valence-corrected chi connectivity index (χ2v) is 14.9. The van der Waals surface area contributed by atoms with Crippen LogP contribution in [0.4, 0.5) is 0 Å². The van der Waals surface area contributed by atoms with Crippen LogP contribution < -0.4 is 0 Å². The molecule has 0 atom stereocenters. The lowest BCUT2D eigenvalue weighted by Crippen LogP contribution is -2.14. The van der Waals surface area contributed by atoms with Gasteiger partial charge in [-0.2, -0.15) is 0 Å². The van der Waals surface area contributed by atoms with Gasteiger partial charge in [-0.1, -0.05) is 166 Å². The maximum atomic E-state index is 2.54. The molecule has 0 bridgehead atoms. The quantitative estimate of drug-likeness (QED) is 0.165. The van der Waals surface area contributed by atoms with Crippen molar-refractivity contribution in [2.45, 2.75) is 19.3 Å². The van der Waals surface area contributed by atoms with Crippen LogP contribution in [0, 0.1) is 0 Å². The van der Waals surface area contributed by atoms with Gasteiger partial charge in [-0.25, -0.2) is 0 Å². The lowest BCUT2D eigenvalue weighted by atomic mass is 9.80. The van der Waals surface area contributed by atoms with Gasteiger partial charge >= 0.3 is 0 Å². The van der Waals surface area contributed by atoms with Gasteiger partial charge in [0.1, 0.15) is 0 Å². The molecule has 11 rings (SSSR count). The van der Waals surface area contributed by atoms with E-state index >= 15 is 0 Å². The molecule has 0 saturated carbocycles. The Bertz CT molecular complexity index is 3000. The van der Waals surface area contributed by atoms with Gasteiger partial charge in [-0.05, 0) is 95.5 Å². The summed E-state index contributed by atoms with van der Waals surface area (Å²) in [6.07, 6.45) is 0. The molecule has 0 amide bonds. The molecule has 244 valence electrons. The summed E-state index contributed by atoms with van der Waals surface area (Å²) < 4.78 is 2.54. The minimum atomic E-state index is -0.173. The van der Waals surface area contributed by atoms with E-state index in [-0.39, 0.29) is 5.41 Å². The first-order valence-electron chi connectivity index (χ1n) is 18.3. The third-order valence-corrected chi connectivity index (χ3v) is 11.7. The van der Waals surface area contributed by atoms with E-state index in [1.165, 1.54) is 105 Å². The van der Waals surface area contributed by atoms with Crippen LogP contribution in [0.2, 0.25) is 0 Å². The van der Waals surface area contributed by atoms with Crippen LogP contribution in [0.15, 0.2) is 176 Å². The lowest BCUT2D eigenvalue weighted by Gasteiger charge is -2.22. The molecule has 1 aliphatic carbocycles. The van der Waals surface area contributed by atoms with Gasteiger partial charge in [-0.3, -0.25) is 0 Å². The number of rotatable bonds is 4. The molecule has 52 heavy (non-hydrogen) atoms. The maximum Gasteiger partial charge on any atom is 0.0617 e. The summed E-state index contributed by atoms with van der Waals surface area (Å²) in [5, 5.41) is 9.15. The zero-order valence-corrected chi connectivity index (χ0v) is 29.2. The molecule has 0 saturated heterocycles. The Morgan fingerprint density at radius 3 is 1.56 bits per heavy atom. The Morgan fingerprint density at radius 2 is 0.923 bits per heavy atom. The molecular weight excluding hydrogens is 627 g/mol. The predicted octanol–water partition coefficient (Wildman–Crippen LogP) is 13.8. The Labute approximate surface area is 303 Å². The summed E-state index contributed by atoms with van der Waals surface area (Å²) in [5.41, 5.74) is 15.2. The number of para-hydroxylation sites is 1. The third kappa shape index (κ3) is 3.99. The first-order valence-corrected chi connectivity index (χ1v) is 18.3. The van der Waals surface area contributed by atoms with Crippen LogP contribution in [0.5, 0.6) is 0 Å². The lowest BCUT2D eigenvalue weighted by molar-refractivity contribution is 0.666. The number of aromatic nitrogens is 1. The van der Waals surface area contributed by atoms with Crippen molar-refractivity contribution >= 4 is 43.2 Å². The Kier molecular flexibility index (Phi) is 6.08. The molecule has 0 N–H and O–H groups in total. The van der Waals surface area contributed by atoms with Crippen LogP contribution in [0.3, 0.4) is 0 Å². The molecule has 0 aliphatic heterocycles. The fraction of sp³-hybridized carbons (Fsp3) is 0.0588. The highest BCUT2D eigenvalue weighted by molar-refractivity contribution is 6.28. The zero-order chi connectivity index (χ0) is 34.6. The number of nitrogens with zero attached hydrogens (tertiary/aromatic N) is 1. The van der Waals surface area contributed by atoms with E-state index in [2.05, 4.69) is 194 Å². The molecule has 0 radical (unpaired) electrons. The summed E-state index contributed by atoms with van der Waals surface area (Å²) in [6.45, 7) is 4.81. The van der Waals surface area contributed by atoms with E-state index in [4.69, 9.17) is 0 Å². The first-order chi connectivity index (χ1) is 25.6. The molecule has 1 nitrogen and oxygen atoms in total. The van der Waals surface area contributed by atoms with Crippen molar-refractivity contribution < 1.29 is 0 Å². The summed E-state index contributed by atoms with van der Waals surface area (Å²) >= 11 is 0. The van der Waals surface area contributed by atoms with E-state index in [9.17, 15) is 0 Å². The molecule has 10 aromatic rings. The van der Waals surface area contributed by atoms with Crippen LogP contribution in [-0.2, 0) is 5.41 Å². The number of hydrogen-bond donors (Lipinski definition) is 0. The number of fused-ring (bicyclic) bond motifs is 5. The fourth-order valence-electron chi connectivity index (χ4n) is 9.42. The van der Waals surface area contributed by atoms with Crippen molar-refractivity contribution in [1.82, 2.24) is 4.57 Å². The molecule has 1 heteroatoms. The van der Waals surface area contributed by atoms with Crippen LogP contribution >= 0.6 is 0 Å². The molecule has 0 spiro atoms. The van der Waals surface area contributed by atoms with Crippen molar-refractivity contribution in [3.8, 4) is 50.3 Å². The highest BCUT2D eigenvalue weighted by atomic mass is 15.0. The standard InChI is InChI=1S/C51H35N/c1-51(2)45-21-13-12-20-42(45)50-48(51)44-31-36(30-43(33-16-8-4-9-17-33)49(44)52(50)37-18-10-5-11-19-37)39-27-23-35-24-28-40-38(32-14-6-3-7-15-32)26-22-34-25-29-41(39)47(35)46(34)40/h3-31H,1-2H3. The molecule has 1 aliphatic rings. The van der Waals surface area contributed by atoms with E-state index in [0.29, 0.717) is 0 Å². The van der Waals surface area contributed by atoms with Gasteiger partial charge < -0.3 is 4.57 Å². The average Bonchev–Trinajstić information content (AvgIpc) is 3.67. The minimum absolute atomic E-state index is 0.173. The summed E-state index contributed by atoms with van der Waals surface area (Å²) in [6, 6.07) is 65.2. The fourth-order valence-corrected chi connectivity index (χ4v) is 9.42. The Hall–Kier alpha value is -6.44. The Morgan fingerprint density at radius 1 is 0.404 bits per heavy atom. The summed E-state index contributed by atoms with van der Waals surface area (Å²) in [7, 11) is 0. The van der Waals surface area contributed by atoms with E-state index in [0.717, 1.165) is 0 Å². The van der Waals surface area contributed by atoms with Crippen molar-refractivity contribution in [3.05, 3.63) is 187 Å². The molecule has 1 aromatic heterocycles. The van der Waals surface area contributed by atoms with E-state index < -0.39 is 0 Å². The Balaban J connectivity index is 1.27. The van der Waals surface area contributed by atoms with Crippen molar-refractivity contribution in [1.29, 1.82) is 0 Å². The minimum Gasteiger partial charge on any atom is -0.308 e. The number of hydrogen-bond acceptors (Lipinski definition) is 0. The van der Waals surface area contributed by atoms with Gasteiger partial charge in [0.05, 0.1) is 11.2 Å². The van der Waals surface area contributed by atoms with Gasteiger partial charge in [0.25, 0.3) is 0 Å². The second-order valence-electron chi connectivity index (χ2n) is 14.9. The maximum absolute atomic E-state index is 2.54.